The number of furan rings is 1. The summed E-state index contributed by atoms with van der Waals surface area (Å²) in [5.74, 6) is -1.42. The van der Waals surface area contributed by atoms with Gasteiger partial charge in [-0.15, -0.1) is 48.0 Å². The molecule has 4 aromatic carbocycles. The standard InChI is InChI=1S/C24H16FN2O.C22H24NSi.Ir/c1-14-13-26-21(12-19(14)16-6-4-3-5-7-16)17-10-11-20(25)22-18-9-8-15(2)27-24(18)28-23(17)22;1-17(18-11-7-5-8-12-18)20-15-21(19-13-9-6-10-14-19)23-16-22(20)24(2,3)4;/h3-9,11-13H,1-2H3;5-13,15-17H,1-4H3;/q2*-1;/i1D3,2D3;17D;. The summed E-state index contributed by atoms with van der Waals surface area (Å²) in [6.45, 7) is 4.07. The molecule has 0 amide bonds. The summed E-state index contributed by atoms with van der Waals surface area (Å²) in [4.78, 5) is 13.1. The number of hydrogen-bond donors (Lipinski definition) is 0. The maximum atomic E-state index is 14.8. The van der Waals surface area contributed by atoms with Crippen molar-refractivity contribution in [3.63, 3.8) is 0 Å². The van der Waals surface area contributed by atoms with E-state index in [2.05, 4.69) is 47.8 Å². The predicted molar refractivity (Wildman–Crippen MR) is 214 cm³/mol. The van der Waals surface area contributed by atoms with E-state index in [0.717, 1.165) is 28.5 Å². The van der Waals surface area contributed by atoms with E-state index >= 15 is 0 Å². The minimum atomic E-state index is -2.45. The Labute approximate surface area is 335 Å². The SMILES string of the molecule is [2H]C(C)(c1ccccc1)c1cc(-c2[c-]cccc2)ncc1[Si](C)(C)C.[2H]C([2H])([2H])c1ccc2c(n1)oc1c(-c3cc(-c4ccccc4)c(C([2H])([2H])[2H])cn3)[c-]cc(F)c12.[Ir]. The Morgan fingerprint density at radius 2 is 1.57 bits per heavy atom. The summed E-state index contributed by atoms with van der Waals surface area (Å²) < 4.78 is 76.2. The van der Waals surface area contributed by atoms with Crippen molar-refractivity contribution in [2.24, 2.45) is 0 Å². The summed E-state index contributed by atoms with van der Waals surface area (Å²) in [5.41, 5.74) is 5.66. The van der Waals surface area contributed by atoms with E-state index in [1.807, 2.05) is 73.8 Å². The van der Waals surface area contributed by atoms with Gasteiger partial charge < -0.3 is 14.4 Å². The summed E-state index contributed by atoms with van der Waals surface area (Å²) in [6.07, 6.45) is 3.27. The Kier molecular flexibility index (Phi) is 8.81. The molecule has 0 fully saturated rings. The Bertz CT molecular complexity index is 2780. The van der Waals surface area contributed by atoms with Crippen molar-refractivity contribution in [1.29, 1.82) is 0 Å². The van der Waals surface area contributed by atoms with Gasteiger partial charge in [-0.05, 0) is 75.6 Å². The van der Waals surface area contributed by atoms with Crippen molar-refractivity contribution in [3.8, 4) is 33.6 Å². The molecule has 4 nitrogen and oxygen atoms in total. The van der Waals surface area contributed by atoms with Crippen molar-refractivity contribution in [2.75, 3.05) is 0 Å². The molecule has 53 heavy (non-hydrogen) atoms. The van der Waals surface area contributed by atoms with E-state index in [1.165, 1.54) is 23.5 Å². The number of benzene rings is 4. The Balaban J connectivity index is 0.000000207. The van der Waals surface area contributed by atoms with Crippen molar-refractivity contribution < 1.29 is 38.5 Å². The minimum absolute atomic E-state index is 0. The van der Waals surface area contributed by atoms with Crippen LogP contribution in [-0.4, -0.2) is 23.0 Å². The largest absolute Gasteiger partial charge is 0.486 e. The van der Waals surface area contributed by atoms with Crippen LogP contribution in [0, 0.1) is 31.7 Å². The van der Waals surface area contributed by atoms with E-state index < -0.39 is 33.5 Å². The van der Waals surface area contributed by atoms with Crippen LogP contribution in [0.3, 0.4) is 0 Å². The zero-order chi connectivity index (χ0) is 42.3. The molecule has 4 aromatic heterocycles. The van der Waals surface area contributed by atoms with Crippen LogP contribution in [0.15, 0.2) is 132 Å². The number of hydrogen-bond acceptors (Lipinski definition) is 4. The van der Waals surface area contributed by atoms with Crippen molar-refractivity contribution >= 4 is 35.3 Å². The molecule has 267 valence electrons. The molecule has 0 spiro atoms. The molecule has 1 unspecified atom stereocenters. The summed E-state index contributed by atoms with van der Waals surface area (Å²) in [7, 11) is -1.64. The molecule has 1 atom stereocenters. The second-order valence-corrected chi connectivity index (χ2v) is 18.5. The molecule has 0 aliphatic carbocycles. The van der Waals surface area contributed by atoms with Gasteiger partial charge in [-0.25, -0.2) is 4.98 Å². The van der Waals surface area contributed by atoms with Crippen LogP contribution in [0.2, 0.25) is 19.6 Å². The molecule has 4 heterocycles. The molecule has 0 N–H and O–H groups in total. The predicted octanol–water partition coefficient (Wildman–Crippen LogP) is 11.5. The third-order valence-electron chi connectivity index (χ3n) is 8.92. The smallest absolute Gasteiger partial charge is 0.216 e. The van der Waals surface area contributed by atoms with Gasteiger partial charge in [0.2, 0.25) is 5.71 Å². The molecule has 1 radical (unpaired) electrons. The Morgan fingerprint density at radius 1 is 0.830 bits per heavy atom. The fourth-order valence-electron chi connectivity index (χ4n) is 6.21. The van der Waals surface area contributed by atoms with Gasteiger partial charge in [0.05, 0.1) is 13.7 Å². The molecular weight excluding hydrogens is 850 g/mol. The average molecular weight is 897 g/mol. The molecule has 0 bridgehead atoms. The van der Waals surface area contributed by atoms with E-state index in [-0.39, 0.29) is 48.0 Å². The first-order chi connectivity index (χ1) is 27.8. The summed E-state index contributed by atoms with van der Waals surface area (Å²) >= 11 is 0. The topological polar surface area (TPSA) is 51.8 Å². The first-order valence-corrected chi connectivity index (χ1v) is 20.4. The second kappa shape index (κ2) is 15.9. The number of fused-ring (bicyclic) bond motifs is 3. The van der Waals surface area contributed by atoms with E-state index in [1.54, 1.807) is 30.3 Å². The monoisotopic (exact) mass is 897 g/mol. The van der Waals surface area contributed by atoms with Crippen LogP contribution < -0.4 is 5.19 Å². The summed E-state index contributed by atoms with van der Waals surface area (Å²) in [5, 5.41) is 1.68. The van der Waals surface area contributed by atoms with Crippen molar-refractivity contribution in [1.82, 2.24) is 15.0 Å². The number of rotatable bonds is 6. The normalized spacial score (nSPS) is 14.8. The number of pyridine rings is 3. The van der Waals surface area contributed by atoms with E-state index in [9.17, 15) is 5.76 Å². The molecule has 8 rings (SSSR count). The van der Waals surface area contributed by atoms with E-state index in [0.29, 0.717) is 27.8 Å². The van der Waals surface area contributed by atoms with Gasteiger partial charge in [-0.3, -0.25) is 4.39 Å². The van der Waals surface area contributed by atoms with Gasteiger partial charge >= 0.3 is 0 Å². The van der Waals surface area contributed by atoms with Crippen molar-refractivity contribution in [3.05, 3.63) is 168 Å². The van der Waals surface area contributed by atoms with Gasteiger partial charge in [0.1, 0.15) is 0 Å². The fourth-order valence-corrected chi connectivity index (χ4v) is 7.73. The molecule has 0 aliphatic heterocycles. The Morgan fingerprint density at radius 3 is 2.26 bits per heavy atom. The van der Waals surface area contributed by atoms with Crippen LogP contribution in [0.1, 0.15) is 44.8 Å². The second-order valence-electron chi connectivity index (χ2n) is 13.5. The molecule has 0 saturated carbocycles. The van der Waals surface area contributed by atoms with Gasteiger partial charge in [-0.2, -0.15) is 0 Å². The van der Waals surface area contributed by atoms with Crippen LogP contribution in [0.25, 0.3) is 55.7 Å². The first kappa shape index (κ1) is 29.4. The molecular formula is C46H40FIrN3OSi-2. The van der Waals surface area contributed by atoms with Gasteiger partial charge in [0.25, 0.3) is 0 Å². The summed E-state index contributed by atoms with van der Waals surface area (Å²) in [6, 6.07) is 40.7. The number of aryl methyl sites for hydroxylation is 2. The quantitative estimate of drug-likeness (QED) is 0.123. The van der Waals surface area contributed by atoms with Crippen LogP contribution in [0.4, 0.5) is 4.39 Å². The van der Waals surface area contributed by atoms with Gasteiger partial charge in [0, 0.05) is 64.9 Å². The number of halogens is 1. The number of aromatic nitrogens is 3. The Hall–Kier alpha value is -5.07. The van der Waals surface area contributed by atoms with Crippen LogP contribution in [0.5, 0.6) is 0 Å². The fraction of sp³-hybridized carbons (Fsp3) is 0.152. The van der Waals surface area contributed by atoms with Gasteiger partial charge in [0.15, 0.2) is 0 Å². The maximum absolute atomic E-state index is 14.8. The molecule has 0 aliphatic rings. The minimum Gasteiger partial charge on any atom is -0.486 e. The van der Waals surface area contributed by atoms with Crippen LogP contribution >= 0.6 is 0 Å². The zero-order valence-electron chi connectivity index (χ0n) is 36.6. The van der Waals surface area contributed by atoms with Gasteiger partial charge in [-0.1, -0.05) is 105 Å². The zero-order valence-corrected chi connectivity index (χ0v) is 33.0. The third kappa shape index (κ3) is 7.98. The first-order valence-electron chi connectivity index (χ1n) is 20.4. The number of nitrogens with zero attached hydrogens (tertiary/aromatic N) is 3. The maximum Gasteiger partial charge on any atom is 0.216 e. The van der Waals surface area contributed by atoms with Crippen LogP contribution in [-0.2, 0) is 20.1 Å². The molecule has 8 aromatic rings. The average Bonchev–Trinajstić information content (AvgIpc) is 3.61. The molecule has 0 saturated heterocycles. The third-order valence-corrected chi connectivity index (χ3v) is 10.9. The molecule has 7 heteroatoms. The van der Waals surface area contributed by atoms with E-state index in [4.69, 9.17) is 17.6 Å². The van der Waals surface area contributed by atoms with Crippen molar-refractivity contribution in [2.45, 2.75) is 46.2 Å².